The molecule has 4 heteroatoms. The Bertz CT molecular complexity index is 426. The van der Waals surface area contributed by atoms with E-state index in [0.717, 1.165) is 12.0 Å². The van der Waals surface area contributed by atoms with E-state index in [1.807, 2.05) is 12.1 Å². The molecule has 0 saturated carbocycles. The van der Waals surface area contributed by atoms with E-state index < -0.39 is 5.97 Å². The Hall–Kier alpha value is -1.84. The summed E-state index contributed by atoms with van der Waals surface area (Å²) >= 11 is 0. The first-order valence-corrected chi connectivity index (χ1v) is 6.54. The molecule has 0 fully saturated rings. The molecule has 0 bridgehead atoms. The molecule has 0 saturated heterocycles. The van der Waals surface area contributed by atoms with Gasteiger partial charge in [0.25, 0.3) is 0 Å². The molecule has 0 aliphatic carbocycles. The zero-order valence-electron chi connectivity index (χ0n) is 11.8. The van der Waals surface area contributed by atoms with Crippen molar-refractivity contribution >= 4 is 11.9 Å². The molecule has 0 atom stereocenters. The quantitative estimate of drug-likeness (QED) is 0.583. The van der Waals surface area contributed by atoms with Crippen LogP contribution in [0.4, 0.5) is 0 Å². The highest BCUT2D eigenvalue weighted by atomic mass is 16.5. The van der Waals surface area contributed by atoms with Crippen molar-refractivity contribution in [3.63, 3.8) is 0 Å². The SMILES string of the molecule is CCOC(=O)CC(=O)N(C)Cc1ccc(CC)cc1. The van der Waals surface area contributed by atoms with Crippen LogP contribution in [-0.4, -0.2) is 30.4 Å². The van der Waals surface area contributed by atoms with Gasteiger partial charge < -0.3 is 9.64 Å². The third kappa shape index (κ3) is 5.12. The smallest absolute Gasteiger partial charge is 0.315 e. The Labute approximate surface area is 114 Å². The lowest BCUT2D eigenvalue weighted by Crippen LogP contribution is -2.28. The maximum Gasteiger partial charge on any atom is 0.315 e. The van der Waals surface area contributed by atoms with E-state index in [9.17, 15) is 9.59 Å². The fourth-order valence-electron chi connectivity index (χ4n) is 1.71. The molecule has 0 spiro atoms. The van der Waals surface area contributed by atoms with E-state index in [1.54, 1.807) is 14.0 Å². The predicted octanol–water partition coefficient (Wildman–Crippen LogP) is 2.16. The summed E-state index contributed by atoms with van der Waals surface area (Å²) in [7, 11) is 1.69. The van der Waals surface area contributed by atoms with Gasteiger partial charge in [0.2, 0.25) is 5.91 Å². The highest BCUT2D eigenvalue weighted by Crippen LogP contribution is 2.08. The van der Waals surface area contributed by atoms with Gasteiger partial charge in [-0.15, -0.1) is 0 Å². The summed E-state index contributed by atoms with van der Waals surface area (Å²) in [4.78, 5) is 24.5. The number of carbonyl (C=O) groups excluding carboxylic acids is 2. The first kappa shape index (κ1) is 15.2. The number of ether oxygens (including phenoxy) is 1. The number of amides is 1. The first-order chi connectivity index (χ1) is 9.06. The van der Waals surface area contributed by atoms with Gasteiger partial charge in [0.1, 0.15) is 6.42 Å². The Balaban J connectivity index is 2.50. The number of carbonyl (C=O) groups is 2. The van der Waals surface area contributed by atoms with Crippen LogP contribution in [0, 0.1) is 0 Å². The van der Waals surface area contributed by atoms with Crippen molar-refractivity contribution in [2.75, 3.05) is 13.7 Å². The molecule has 4 nitrogen and oxygen atoms in total. The molecular formula is C15H21NO3. The van der Waals surface area contributed by atoms with Crippen LogP contribution in [0.25, 0.3) is 0 Å². The van der Waals surface area contributed by atoms with Gasteiger partial charge in [-0.2, -0.15) is 0 Å². The Morgan fingerprint density at radius 1 is 1.11 bits per heavy atom. The lowest BCUT2D eigenvalue weighted by atomic mass is 10.1. The minimum atomic E-state index is -0.472. The van der Waals surface area contributed by atoms with Gasteiger partial charge in [-0.05, 0) is 24.5 Å². The molecule has 0 aromatic heterocycles. The highest BCUT2D eigenvalue weighted by molar-refractivity contribution is 5.94. The van der Waals surface area contributed by atoms with Crippen LogP contribution in [0.5, 0.6) is 0 Å². The lowest BCUT2D eigenvalue weighted by molar-refractivity contribution is -0.148. The minimum Gasteiger partial charge on any atom is -0.466 e. The number of hydrogen-bond acceptors (Lipinski definition) is 3. The standard InChI is InChI=1S/C15H21NO3/c1-4-12-6-8-13(9-7-12)11-16(3)14(17)10-15(18)19-5-2/h6-9H,4-5,10-11H2,1-3H3. The summed E-state index contributed by atoms with van der Waals surface area (Å²) in [5, 5.41) is 0. The number of benzene rings is 1. The number of hydrogen-bond donors (Lipinski definition) is 0. The summed E-state index contributed by atoms with van der Waals surface area (Å²) in [6.07, 6.45) is 0.801. The van der Waals surface area contributed by atoms with Gasteiger partial charge in [-0.25, -0.2) is 0 Å². The largest absolute Gasteiger partial charge is 0.466 e. The van der Waals surface area contributed by atoms with Crippen molar-refractivity contribution in [3.8, 4) is 0 Å². The predicted molar refractivity (Wildman–Crippen MR) is 73.5 cm³/mol. The molecule has 0 aliphatic rings. The van der Waals surface area contributed by atoms with E-state index in [1.165, 1.54) is 10.5 Å². The van der Waals surface area contributed by atoms with E-state index in [0.29, 0.717) is 13.2 Å². The summed E-state index contributed by atoms with van der Waals surface area (Å²) in [5.41, 5.74) is 2.32. The molecule has 0 N–H and O–H groups in total. The summed E-state index contributed by atoms with van der Waals surface area (Å²) in [6.45, 7) is 4.63. The number of rotatable bonds is 6. The molecule has 0 heterocycles. The average Bonchev–Trinajstić information content (AvgIpc) is 2.39. The zero-order chi connectivity index (χ0) is 14.3. The van der Waals surface area contributed by atoms with Crippen molar-refractivity contribution in [1.29, 1.82) is 0 Å². The number of esters is 1. The topological polar surface area (TPSA) is 46.6 Å². The lowest BCUT2D eigenvalue weighted by Gasteiger charge is -2.17. The van der Waals surface area contributed by atoms with Crippen LogP contribution in [-0.2, 0) is 27.3 Å². The second-order valence-electron chi connectivity index (χ2n) is 4.40. The van der Waals surface area contributed by atoms with Crippen molar-refractivity contribution in [1.82, 2.24) is 4.90 Å². The van der Waals surface area contributed by atoms with Crippen LogP contribution < -0.4 is 0 Å². The third-order valence-electron chi connectivity index (χ3n) is 2.88. The summed E-state index contributed by atoms with van der Waals surface area (Å²) < 4.78 is 4.76. The fraction of sp³-hybridized carbons (Fsp3) is 0.467. The maximum atomic E-state index is 11.8. The monoisotopic (exact) mass is 263 g/mol. The van der Waals surface area contributed by atoms with Crippen molar-refractivity contribution in [2.24, 2.45) is 0 Å². The van der Waals surface area contributed by atoms with Crippen LogP contribution in [0.2, 0.25) is 0 Å². The zero-order valence-corrected chi connectivity index (χ0v) is 11.8. The molecule has 0 aliphatic heterocycles. The molecule has 104 valence electrons. The summed E-state index contributed by atoms with van der Waals surface area (Å²) in [5.74, 6) is -0.696. The van der Waals surface area contributed by atoms with Gasteiger partial charge in [-0.1, -0.05) is 31.2 Å². The van der Waals surface area contributed by atoms with Gasteiger partial charge in [0.05, 0.1) is 6.61 Å². The van der Waals surface area contributed by atoms with Crippen LogP contribution in [0.15, 0.2) is 24.3 Å². The van der Waals surface area contributed by atoms with Crippen molar-refractivity contribution < 1.29 is 14.3 Å². The van der Waals surface area contributed by atoms with Crippen molar-refractivity contribution in [3.05, 3.63) is 35.4 Å². The van der Waals surface area contributed by atoms with Gasteiger partial charge in [-0.3, -0.25) is 9.59 Å². The average molecular weight is 263 g/mol. The molecule has 1 aromatic rings. The van der Waals surface area contributed by atoms with E-state index >= 15 is 0 Å². The number of aryl methyl sites for hydroxylation is 1. The van der Waals surface area contributed by atoms with Crippen LogP contribution in [0.3, 0.4) is 0 Å². The van der Waals surface area contributed by atoms with Crippen molar-refractivity contribution in [2.45, 2.75) is 33.2 Å². The first-order valence-electron chi connectivity index (χ1n) is 6.54. The van der Waals surface area contributed by atoms with E-state index in [-0.39, 0.29) is 12.3 Å². The van der Waals surface area contributed by atoms with Gasteiger partial charge >= 0.3 is 5.97 Å². The molecule has 1 amide bonds. The van der Waals surface area contributed by atoms with Gasteiger partial charge in [0, 0.05) is 13.6 Å². The highest BCUT2D eigenvalue weighted by Gasteiger charge is 2.14. The fourth-order valence-corrected chi connectivity index (χ4v) is 1.71. The van der Waals surface area contributed by atoms with E-state index in [4.69, 9.17) is 4.74 Å². The Kier molecular flexibility index (Phi) is 6.06. The third-order valence-corrected chi connectivity index (χ3v) is 2.88. The molecule has 0 radical (unpaired) electrons. The molecule has 1 aromatic carbocycles. The Morgan fingerprint density at radius 2 is 1.68 bits per heavy atom. The second-order valence-corrected chi connectivity index (χ2v) is 4.40. The minimum absolute atomic E-state index is 0.197. The molecule has 19 heavy (non-hydrogen) atoms. The maximum absolute atomic E-state index is 11.8. The second kappa shape index (κ2) is 7.56. The van der Waals surface area contributed by atoms with E-state index in [2.05, 4.69) is 19.1 Å². The molecule has 0 unspecified atom stereocenters. The normalized spacial score (nSPS) is 10.1. The molecule has 1 rings (SSSR count). The van der Waals surface area contributed by atoms with Crippen LogP contribution >= 0.6 is 0 Å². The van der Waals surface area contributed by atoms with Crippen LogP contribution in [0.1, 0.15) is 31.4 Å². The molecular weight excluding hydrogens is 242 g/mol. The van der Waals surface area contributed by atoms with Gasteiger partial charge in [0.15, 0.2) is 0 Å². The summed E-state index contributed by atoms with van der Waals surface area (Å²) in [6, 6.07) is 8.12. The number of nitrogens with zero attached hydrogens (tertiary/aromatic N) is 1. The Morgan fingerprint density at radius 3 is 2.21 bits per heavy atom.